The highest BCUT2D eigenvalue weighted by atomic mass is 35.5. The first-order valence-electron chi connectivity index (χ1n) is 7.47. The van der Waals surface area contributed by atoms with Crippen molar-refractivity contribution in [3.05, 3.63) is 21.3 Å². The Hall–Kier alpha value is -1.31. The summed E-state index contributed by atoms with van der Waals surface area (Å²) in [6, 6.07) is 3.56. The highest BCUT2D eigenvalue weighted by Crippen LogP contribution is 2.26. The van der Waals surface area contributed by atoms with Gasteiger partial charge in [0.15, 0.2) is 5.96 Å². The Morgan fingerprint density at radius 3 is 2.65 bits per heavy atom. The van der Waals surface area contributed by atoms with Crippen LogP contribution in [0.1, 0.15) is 31.8 Å². The van der Waals surface area contributed by atoms with E-state index >= 15 is 0 Å². The van der Waals surface area contributed by atoms with Crippen molar-refractivity contribution >= 4 is 34.8 Å². The van der Waals surface area contributed by atoms with Crippen molar-refractivity contribution in [2.75, 3.05) is 26.7 Å². The summed E-state index contributed by atoms with van der Waals surface area (Å²) in [5.41, 5.74) is -0.600. The van der Waals surface area contributed by atoms with Gasteiger partial charge in [-0.1, -0.05) is 11.6 Å². The number of aliphatic hydroxyl groups is 1. The molecule has 0 radical (unpaired) electrons. The summed E-state index contributed by atoms with van der Waals surface area (Å²) in [6.07, 6.45) is -0.664. The molecule has 1 aromatic rings. The first kappa shape index (κ1) is 19.7. The van der Waals surface area contributed by atoms with Crippen LogP contribution >= 0.6 is 22.9 Å². The maximum Gasteiger partial charge on any atom is 0.227 e. The summed E-state index contributed by atoms with van der Waals surface area (Å²) in [4.78, 5) is 17.0. The van der Waals surface area contributed by atoms with E-state index < -0.39 is 11.5 Å². The second-order valence-electron chi connectivity index (χ2n) is 5.70. The molecule has 1 unspecified atom stereocenters. The summed E-state index contributed by atoms with van der Waals surface area (Å²) in [5, 5.41) is 19.0. The Balaban J connectivity index is 2.63. The number of nitrogens with one attached hydrogen (secondary N) is 3. The van der Waals surface area contributed by atoms with Crippen LogP contribution in [0.4, 0.5) is 0 Å². The van der Waals surface area contributed by atoms with Crippen LogP contribution in [-0.4, -0.2) is 43.7 Å². The van der Waals surface area contributed by atoms with Gasteiger partial charge in [-0.2, -0.15) is 0 Å². The maximum atomic E-state index is 11.8. The highest BCUT2D eigenvalue weighted by molar-refractivity contribution is 7.16. The smallest absolute Gasteiger partial charge is 0.227 e. The van der Waals surface area contributed by atoms with Gasteiger partial charge in [0.1, 0.15) is 6.10 Å². The monoisotopic (exact) mass is 360 g/mol. The lowest BCUT2D eigenvalue weighted by Crippen LogP contribution is -2.42. The number of rotatable bonds is 7. The molecule has 8 heteroatoms. The van der Waals surface area contributed by atoms with Crippen molar-refractivity contribution in [2.24, 2.45) is 10.4 Å². The van der Waals surface area contributed by atoms with Crippen molar-refractivity contribution in [2.45, 2.75) is 26.9 Å². The fourth-order valence-corrected chi connectivity index (χ4v) is 2.88. The number of amides is 1. The molecule has 0 aliphatic rings. The van der Waals surface area contributed by atoms with Gasteiger partial charge in [0.05, 0.1) is 16.3 Å². The van der Waals surface area contributed by atoms with Gasteiger partial charge in [-0.05, 0) is 32.9 Å². The molecule has 1 amide bonds. The minimum Gasteiger partial charge on any atom is -0.386 e. The van der Waals surface area contributed by atoms with Crippen LogP contribution in [0.15, 0.2) is 17.1 Å². The van der Waals surface area contributed by atoms with E-state index in [0.29, 0.717) is 29.9 Å². The molecule has 0 fully saturated rings. The van der Waals surface area contributed by atoms with E-state index in [1.807, 2.05) is 20.8 Å². The average molecular weight is 361 g/mol. The highest BCUT2D eigenvalue weighted by Gasteiger charge is 2.26. The number of aliphatic imine (C=N–C) groups is 1. The summed E-state index contributed by atoms with van der Waals surface area (Å²) in [5.74, 6) is 0.497. The van der Waals surface area contributed by atoms with Crippen LogP contribution in [0.25, 0.3) is 0 Å². The number of hydrogen-bond acceptors (Lipinski definition) is 4. The Morgan fingerprint density at radius 1 is 1.43 bits per heavy atom. The zero-order chi connectivity index (χ0) is 17.5. The van der Waals surface area contributed by atoms with E-state index in [1.165, 1.54) is 11.3 Å². The quantitative estimate of drug-likeness (QED) is 0.441. The zero-order valence-corrected chi connectivity index (χ0v) is 15.5. The molecule has 4 N–H and O–H groups in total. The van der Waals surface area contributed by atoms with Gasteiger partial charge >= 0.3 is 0 Å². The van der Waals surface area contributed by atoms with Crippen LogP contribution in [-0.2, 0) is 4.79 Å². The second-order valence-corrected chi connectivity index (χ2v) is 7.44. The number of hydrogen-bond donors (Lipinski definition) is 4. The Kier molecular flexibility index (Phi) is 7.81. The predicted octanol–water partition coefficient (Wildman–Crippen LogP) is 1.76. The Bertz CT molecular complexity index is 545. The molecule has 0 aliphatic carbocycles. The molecule has 1 aromatic heterocycles. The van der Waals surface area contributed by atoms with Gasteiger partial charge in [-0.25, -0.2) is 0 Å². The van der Waals surface area contributed by atoms with Crippen molar-refractivity contribution in [1.82, 2.24) is 16.0 Å². The van der Waals surface area contributed by atoms with Gasteiger partial charge in [-0.3, -0.25) is 9.79 Å². The molecule has 1 heterocycles. The molecule has 0 aliphatic heterocycles. The number of carbonyl (C=O) groups excluding carboxylic acids is 1. The zero-order valence-electron chi connectivity index (χ0n) is 13.9. The topological polar surface area (TPSA) is 85.8 Å². The molecule has 130 valence electrons. The molecule has 0 spiro atoms. The molecule has 0 saturated heterocycles. The Labute approximate surface area is 146 Å². The third kappa shape index (κ3) is 6.37. The summed E-state index contributed by atoms with van der Waals surface area (Å²) in [7, 11) is 1.61. The standard InChI is InChI=1S/C15H25ClN4O2S/c1-5-18-14(20-9-15(2,3)13(22)17-4)19-8-10(21)11-6-7-12(16)23-11/h6-7,10,21H,5,8-9H2,1-4H3,(H,17,22)(H2,18,19,20). The van der Waals surface area contributed by atoms with Crippen LogP contribution in [0, 0.1) is 5.41 Å². The number of carbonyl (C=O) groups is 1. The third-order valence-electron chi connectivity index (χ3n) is 3.20. The molecule has 1 atom stereocenters. The molecule has 23 heavy (non-hydrogen) atoms. The van der Waals surface area contributed by atoms with E-state index in [1.54, 1.807) is 19.2 Å². The number of aliphatic hydroxyl groups excluding tert-OH is 1. The van der Waals surface area contributed by atoms with E-state index in [-0.39, 0.29) is 5.91 Å². The second kappa shape index (κ2) is 9.10. The maximum absolute atomic E-state index is 11.8. The average Bonchev–Trinajstić information content (AvgIpc) is 2.95. The van der Waals surface area contributed by atoms with Crippen molar-refractivity contribution < 1.29 is 9.90 Å². The Morgan fingerprint density at radius 2 is 2.13 bits per heavy atom. The molecule has 0 bridgehead atoms. The summed E-state index contributed by atoms with van der Waals surface area (Å²) in [6.45, 7) is 6.96. The van der Waals surface area contributed by atoms with E-state index in [0.717, 1.165) is 4.88 Å². The lowest BCUT2D eigenvalue weighted by molar-refractivity contribution is -0.128. The first-order chi connectivity index (χ1) is 10.8. The summed E-state index contributed by atoms with van der Waals surface area (Å²) >= 11 is 7.22. The number of halogens is 1. The van der Waals surface area contributed by atoms with Gasteiger partial charge < -0.3 is 21.1 Å². The van der Waals surface area contributed by atoms with E-state index in [4.69, 9.17) is 11.6 Å². The number of guanidine groups is 1. The van der Waals surface area contributed by atoms with Gasteiger partial charge in [0.25, 0.3) is 0 Å². The van der Waals surface area contributed by atoms with Crippen LogP contribution in [0.5, 0.6) is 0 Å². The third-order valence-corrected chi connectivity index (χ3v) is 4.54. The van der Waals surface area contributed by atoms with Crippen molar-refractivity contribution in [3.8, 4) is 0 Å². The molecular weight excluding hydrogens is 336 g/mol. The summed E-state index contributed by atoms with van der Waals surface area (Å²) < 4.78 is 0.645. The molecule has 6 nitrogen and oxygen atoms in total. The lowest BCUT2D eigenvalue weighted by atomic mass is 9.93. The van der Waals surface area contributed by atoms with Gasteiger partial charge in [0.2, 0.25) is 5.91 Å². The molecule has 1 rings (SSSR count). The first-order valence-corrected chi connectivity index (χ1v) is 8.67. The number of thiophene rings is 1. The van der Waals surface area contributed by atoms with E-state index in [9.17, 15) is 9.90 Å². The SMILES string of the molecule is CCNC(=NCC(C)(C)C(=O)NC)NCC(O)c1ccc(Cl)s1. The van der Waals surface area contributed by atoms with E-state index in [2.05, 4.69) is 20.9 Å². The van der Waals surface area contributed by atoms with Gasteiger partial charge in [0, 0.05) is 25.0 Å². The number of nitrogens with zero attached hydrogens (tertiary/aromatic N) is 1. The van der Waals surface area contributed by atoms with Crippen molar-refractivity contribution in [3.63, 3.8) is 0 Å². The molecule has 0 saturated carbocycles. The van der Waals surface area contributed by atoms with Crippen LogP contribution in [0.2, 0.25) is 4.34 Å². The van der Waals surface area contributed by atoms with Gasteiger partial charge in [-0.15, -0.1) is 11.3 Å². The van der Waals surface area contributed by atoms with Crippen molar-refractivity contribution in [1.29, 1.82) is 0 Å². The fourth-order valence-electron chi connectivity index (χ4n) is 1.83. The lowest BCUT2D eigenvalue weighted by Gasteiger charge is -2.21. The largest absolute Gasteiger partial charge is 0.386 e. The minimum absolute atomic E-state index is 0.0645. The molecular formula is C15H25ClN4O2S. The fraction of sp³-hybridized carbons (Fsp3) is 0.600. The normalized spacial score (nSPS) is 13.6. The minimum atomic E-state index is -0.664. The van der Waals surface area contributed by atoms with Crippen LogP contribution in [0.3, 0.4) is 0 Å². The predicted molar refractivity (Wildman–Crippen MR) is 96.1 cm³/mol. The molecule has 0 aromatic carbocycles. The van der Waals surface area contributed by atoms with Crippen LogP contribution < -0.4 is 16.0 Å².